The van der Waals surface area contributed by atoms with E-state index in [1.54, 1.807) is 7.11 Å². The predicted molar refractivity (Wildman–Crippen MR) is 85.7 cm³/mol. The summed E-state index contributed by atoms with van der Waals surface area (Å²) in [7, 11) is 1.63. The fourth-order valence-corrected chi connectivity index (χ4v) is 2.09. The van der Waals surface area contributed by atoms with Crippen LogP contribution in [0, 0.1) is 0 Å². The Kier molecular flexibility index (Phi) is 8.82. The number of ether oxygens (including phenoxy) is 3. The molecule has 0 aliphatic rings. The molecule has 0 aliphatic heterocycles. The third kappa shape index (κ3) is 6.80. The van der Waals surface area contributed by atoms with E-state index in [1.807, 2.05) is 32.0 Å². The lowest BCUT2D eigenvalue weighted by molar-refractivity contribution is 0.0798. The molecule has 0 saturated carbocycles. The van der Waals surface area contributed by atoms with E-state index < -0.39 is 0 Å². The van der Waals surface area contributed by atoms with E-state index in [4.69, 9.17) is 19.9 Å². The molecule has 5 nitrogen and oxygen atoms in total. The summed E-state index contributed by atoms with van der Waals surface area (Å²) in [6.45, 7) is 9.56. The third-order valence-electron chi connectivity index (χ3n) is 3.21. The van der Waals surface area contributed by atoms with Gasteiger partial charge in [0.05, 0.1) is 26.0 Å². The van der Waals surface area contributed by atoms with Gasteiger partial charge in [-0.25, -0.2) is 0 Å². The molecule has 5 heteroatoms. The van der Waals surface area contributed by atoms with Crippen molar-refractivity contribution in [2.24, 2.45) is 0 Å². The zero-order valence-corrected chi connectivity index (χ0v) is 13.4. The molecule has 120 valence electrons. The van der Waals surface area contributed by atoms with Crippen molar-refractivity contribution in [3.63, 3.8) is 0 Å². The van der Waals surface area contributed by atoms with Crippen LogP contribution in [0.1, 0.15) is 19.4 Å². The molecule has 0 spiro atoms. The first kappa shape index (κ1) is 17.8. The van der Waals surface area contributed by atoms with E-state index >= 15 is 0 Å². The number of benzene rings is 1. The maximum Gasteiger partial charge on any atom is 0.141 e. The van der Waals surface area contributed by atoms with Crippen molar-refractivity contribution in [1.82, 2.24) is 4.90 Å². The van der Waals surface area contributed by atoms with Crippen LogP contribution in [0.5, 0.6) is 5.75 Å². The van der Waals surface area contributed by atoms with Crippen molar-refractivity contribution in [3.8, 4) is 5.75 Å². The average molecular weight is 296 g/mol. The summed E-state index contributed by atoms with van der Waals surface area (Å²) < 4.78 is 16.1. The van der Waals surface area contributed by atoms with Crippen LogP contribution in [0.2, 0.25) is 0 Å². The van der Waals surface area contributed by atoms with Crippen LogP contribution >= 0.6 is 0 Å². The second kappa shape index (κ2) is 10.4. The molecule has 1 rings (SSSR count). The Hall–Kier alpha value is -1.30. The highest BCUT2D eigenvalue weighted by Crippen LogP contribution is 2.22. The predicted octanol–water partition coefficient (Wildman–Crippen LogP) is 2.15. The van der Waals surface area contributed by atoms with Crippen molar-refractivity contribution in [2.45, 2.75) is 20.4 Å². The van der Waals surface area contributed by atoms with E-state index in [1.165, 1.54) is 5.56 Å². The van der Waals surface area contributed by atoms with Crippen LogP contribution in [-0.2, 0) is 16.0 Å². The van der Waals surface area contributed by atoms with E-state index in [0.717, 1.165) is 46.1 Å². The second-order valence-corrected chi connectivity index (χ2v) is 4.75. The fourth-order valence-electron chi connectivity index (χ4n) is 2.09. The fraction of sp³-hybridized carbons (Fsp3) is 0.625. The zero-order chi connectivity index (χ0) is 15.5. The lowest BCUT2D eigenvalue weighted by Gasteiger charge is -2.22. The zero-order valence-electron chi connectivity index (χ0n) is 13.4. The molecule has 0 fully saturated rings. The summed E-state index contributed by atoms with van der Waals surface area (Å²) in [6, 6.07) is 5.92. The first-order chi connectivity index (χ1) is 10.2. The summed E-state index contributed by atoms with van der Waals surface area (Å²) in [6.07, 6.45) is 0. The average Bonchev–Trinajstić information content (AvgIpc) is 2.48. The van der Waals surface area contributed by atoms with Crippen molar-refractivity contribution in [2.75, 3.05) is 52.4 Å². The Morgan fingerprint density at radius 2 is 1.67 bits per heavy atom. The highest BCUT2D eigenvalue weighted by Gasteiger charge is 2.08. The quantitative estimate of drug-likeness (QED) is 0.501. The van der Waals surface area contributed by atoms with Gasteiger partial charge in [-0.05, 0) is 31.5 Å². The smallest absolute Gasteiger partial charge is 0.141 e. The first-order valence-corrected chi connectivity index (χ1v) is 7.51. The lowest BCUT2D eigenvalue weighted by atomic mass is 10.1. The number of methoxy groups -OCH3 is 1. The Balaban J connectivity index is 2.58. The number of nitrogens with two attached hydrogens (primary N) is 1. The van der Waals surface area contributed by atoms with Gasteiger partial charge >= 0.3 is 0 Å². The Labute approximate surface area is 128 Å². The van der Waals surface area contributed by atoms with Gasteiger partial charge in [0.1, 0.15) is 5.75 Å². The monoisotopic (exact) mass is 296 g/mol. The van der Waals surface area contributed by atoms with E-state index in [9.17, 15) is 0 Å². The molecule has 2 N–H and O–H groups in total. The minimum absolute atomic E-state index is 0.671. The minimum Gasteiger partial charge on any atom is -0.495 e. The summed E-state index contributed by atoms with van der Waals surface area (Å²) in [5.74, 6) is 0.717. The number of nitrogen functional groups attached to an aromatic ring is 1. The molecule has 0 amide bonds. The van der Waals surface area contributed by atoms with Crippen molar-refractivity contribution < 1.29 is 14.2 Å². The second-order valence-electron chi connectivity index (χ2n) is 4.75. The largest absolute Gasteiger partial charge is 0.495 e. The molecular weight excluding hydrogens is 268 g/mol. The Bertz CT molecular complexity index is 389. The molecule has 0 unspecified atom stereocenters. The number of anilines is 1. The molecule has 0 saturated heterocycles. The summed E-state index contributed by atoms with van der Waals surface area (Å²) in [5.41, 5.74) is 7.80. The molecular formula is C16H28N2O3. The summed E-state index contributed by atoms with van der Waals surface area (Å²) in [4.78, 5) is 2.31. The van der Waals surface area contributed by atoms with Crippen LogP contribution in [0.4, 0.5) is 5.69 Å². The van der Waals surface area contributed by atoms with Crippen molar-refractivity contribution in [3.05, 3.63) is 23.8 Å². The van der Waals surface area contributed by atoms with E-state index in [-0.39, 0.29) is 0 Å². The number of hydrogen-bond acceptors (Lipinski definition) is 5. The van der Waals surface area contributed by atoms with Gasteiger partial charge in [0, 0.05) is 32.8 Å². The molecule has 1 aromatic rings. The molecule has 0 atom stereocenters. The van der Waals surface area contributed by atoms with E-state index in [0.29, 0.717) is 11.4 Å². The van der Waals surface area contributed by atoms with Gasteiger partial charge in [0.25, 0.3) is 0 Å². The van der Waals surface area contributed by atoms with E-state index in [2.05, 4.69) is 4.90 Å². The standard InChI is InChI=1S/C16H28N2O3/c1-4-20-10-8-18(9-11-21-5-2)13-14-6-7-16(19-3)15(17)12-14/h6-7,12H,4-5,8-11,13,17H2,1-3H3. The molecule has 0 aliphatic carbocycles. The summed E-state index contributed by atoms with van der Waals surface area (Å²) >= 11 is 0. The topological polar surface area (TPSA) is 57.0 Å². The van der Waals surface area contributed by atoms with Gasteiger partial charge in [-0.2, -0.15) is 0 Å². The minimum atomic E-state index is 0.671. The highest BCUT2D eigenvalue weighted by atomic mass is 16.5. The molecule has 0 heterocycles. The first-order valence-electron chi connectivity index (χ1n) is 7.51. The number of rotatable bonds is 11. The van der Waals surface area contributed by atoms with Crippen LogP contribution in [0.25, 0.3) is 0 Å². The van der Waals surface area contributed by atoms with Crippen LogP contribution in [0.15, 0.2) is 18.2 Å². The molecule has 1 aromatic carbocycles. The normalized spacial score (nSPS) is 11.0. The van der Waals surface area contributed by atoms with Gasteiger partial charge < -0.3 is 19.9 Å². The summed E-state index contributed by atoms with van der Waals surface area (Å²) in [5, 5.41) is 0. The lowest BCUT2D eigenvalue weighted by Crippen LogP contribution is -2.30. The SMILES string of the molecule is CCOCCN(CCOCC)Cc1ccc(OC)c(N)c1. The van der Waals surface area contributed by atoms with Crippen LogP contribution in [0.3, 0.4) is 0 Å². The maximum absolute atomic E-state index is 5.96. The van der Waals surface area contributed by atoms with Crippen LogP contribution < -0.4 is 10.5 Å². The molecule has 0 radical (unpaired) electrons. The van der Waals surface area contributed by atoms with Crippen molar-refractivity contribution in [1.29, 1.82) is 0 Å². The van der Waals surface area contributed by atoms with Gasteiger partial charge in [-0.3, -0.25) is 4.90 Å². The van der Waals surface area contributed by atoms with Gasteiger partial charge in [0.2, 0.25) is 0 Å². The Morgan fingerprint density at radius 1 is 1.05 bits per heavy atom. The highest BCUT2D eigenvalue weighted by molar-refractivity contribution is 5.54. The third-order valence-corrected chi connectivity index (χ3v) is 3.21. The maximum atomic E-state index is 5.96. The Morgan fingerprint density at radius 3 is 2.14 bits per heavy atom. The van der Waals surface area contributed by atoms with Gasteiger partial charge in [0.15, 0.2) is 0 Å². The number of nitrogens with zero attached hydrogens (tertiary/aromatic N) is 1. The van der Waals surface area contributed by atoms with Crippen molar-refractivity contribution >= 4 is 5.69 Å². The molecule has 0 bridgehead atoms. The molecule has 21 heavy (non-hydrogen) atoms. The number of hydrogen-bond donors (Lipinski definition) is 1. The van der Waals surface area contributed by atoms with Crippen LogP contribution in [-0.4, -0.2) is 51.5 Å². The molecule has 0 aromatic heterocycles. The van der Waals surface area contributed by atoms with Gasteiger partial charge in [-0.15, -0.1) is 0 Å². The van der Waals surface area contributed by atoms with Gasteiger partial charge in [-0.1, -0.05) is 6.07 Å².